The highest BCUT2D eigenvalue weighted by Crippen LogP contribution is 2.15. The molecule has 16 heavy (non-hydrogen) atoms. The van der Waals surface area contributed by atoms with Crippen LogP contribution in [0.2, 0.25) is 0 Å². The molecule has 0 saturated carbocycles. The molecule has 1 rings (SSSR count). The van der Waals surface area contributed by atoms with Gasteiger partial charge in [0.2, 0.25) is 0 Å². The lowest BCUT2D eigenvalue weighted by atomic mass is 10.2. The summed E-state index contributed by atoms with van der Waals surface area (Å²) in [5.74, 6) is 0. The quantitative estimate of drug-likeness (QED) is 0.688. The molecule has 0 aromatic carbocycles. The summed E-state index contributed by atoms with van der Waals surface area (Å²) >= 11 is 1.78. The standard InChI is InChI=1S/C12H22N2OS/c1-10-11(2)16-12(14-10)9-13-7-5-3-4-6-8-15/h13,15H,3-9H2,1-2H3. The fourth-order valence-electron chi connectivity index (χ4n) is 1.53. The van der Waals surface area contributed by atoms with Crippen molar-refractivity contribution in [2.45, 2.75) is 46.1 Å². The highest BCUT2D eigenvalue weighted by Gasteiger charge is 2.02. The van der Waals surface area contributed by atoms with Gasteiger partial charge in [0, 0.05) is 18.0 Å². The molecular formula is C12H22N2OS. The number of nitrogens with one attached hydrogen (secondary N) is 1. The first-order chi connectivity index (χ1) is 7.74. The number of unbranched alkanes of at least 4 members (excludes halogenated alkanes) is 3. The van der Waals surface area contributed by atoms with Gasteiger partial charge in [0.1, 0.15) is 5.01 Å². The highest BCUT2D eigenvalue weighted by atomic mass is 32.1. The summed E-state index contributed by atoms with van der Waals surface area (Å²) in [7, 11) is 0. The Hall–Kier alpha value is -0.450. The number of hydrogen-bond acceptors (Lipinski definition) is 4. The number of aliphatic hydroxyl groups is 1. The molecule has 0 bridgehead atoms. The minimum absolute atomic E-state index is 0.325. The maximum Gasteiger partial charge on any atom is 0.107 e. The topological polar surface area (TPSA) is 45.2 Å². The van der Waals surface area contributed by atoms with Gasteiger partial charge in [-0.15, -0.1) is 11.3 Å². The maximum absolute atomic E-state index is 8.62. The molecule has 0 aliphatic heterocycles. The number of aromatic nitrogens is 1. The summed E-state index contributed by atoms with van der Waals surface area (Å²) in [5, 5.41) is 13.2. The Morgan fingerprint density at radius 1 is 1.19 bits per heavy atom. The molecular weight excluding hydrogens is 220 g/mol. The molecule has 1 heterocycles. The summed E-state index contributed by atoms with van der Waals surface area (Å²) in [6.45, 7) is 6.43. The van der Waals surface area contributed by atoms with Crippen LogP contribution < -0.4 is 5.32 Å². The molecule has 1 aromatic rings. The Labute approximate surface area is 102 Å². The van der Waals surface area contributed by atoms with Gasteiger partial charge in [0.15, 0.2) is 0 Å². The SMILES string of the molecule is Cc1nc(CNCCCCCCO)sc1C. The molecule has 0 fully saturated rings. The van der Waals surface area contributed by atoms with Crippen LogP contribution in [0.4, 0.5) is 0 Å². The Morgan fingerprint density at radius 3 is 2.56 bits per heavy atom. The van der Waals surface area contributed by atoms with Gasteiger partial charge in [-0.25, -0.2) is 4.98 Å². The van der Waals surface area contributed by atoms with Crippen molar-refractivity contribution in [1.29, 1.82) is 0 Å². The second-order valence-corrected chi connectivity index (χ2v) is 5.35. The minimum atomic E-state index is 0.325. The van der Waals surface area contributed by atoms with E-state index < -0.39 is 0 Å². The lowest BCUT2D eigenvalue weighted by molar-refractivity contribution is 0.282. The average Bonchev–Trinajstić information content (AvgIpc) is 2.57. The number of rotatable bonds is 8. The van der Waals surface area contributed by atoms with Crippen molar-refractivity contribution >= 4 is 11.3 Å². The van der Waals surface area contributed by atoms with Gasteiger partial charge >= 0.3 is 0 Å². The van der Waals surface area contributed by atoms with E-state index in [0.29, 0.717) is 6.61 Å². The number of aliphatic hydroxyl groups excluding tert-OH is 1. The number of aryl methyl sites for hydroxylation is 2. The molecule has 2 N–H and O–H groups in total. The molecule has 0 radical (unpaired) electrons. The zero-order valence-corrected chi connectivity index (χ0v) is 11.1. The summed E-state index contributed by atoms with van der Waals surface area (Å²) < 4.78 is 0. The van der Waals surface area contributed by atoms with E-state index >= 15 is 0 Å². The van der Waals surface area contributed by atoms with Crippen LogP contribution in [0.5, 0.6) is 0 Å². The Kier molecular flexibility index (Phi) is 6.61. The van der Waals surface area contributed by atoms with Crippen LogP contribution in [0.25, 0.3) is 0 Å². The van der Waals surface area contributed by atoms with E-state index in [-0.39, 0.29) is 0 Å². The first-order valence-corrected chi connectivity index (χ1v) is 6.80. The fraction of sp³-hybridized carbons (Fsp3) is 0.750. The molecule has 0 aliphatic rings. The summed E-state index contributed by atoms with van der Waals surface area (Å²) in [6.07, 6.45) is 4.45. The van der Waals surface area contributed by atoms with Gasteiger partial charge in [0.05, 0.1) is 5.69 Å². The molecule has 1 aromatic heterocycles. The third-order valence-electron chi connectivity index (χ3n) is 2.61. The van der Waals surface area contributed by atoms with E-state index in [1.807, 2.05) is 0 Å². The van der Waals surface area contributed by atoms with Crippen molar-refractivity contribution in [3.05, 3.63) is 15.6 Å². The second-order valence-electron chi connectivity index (χ2n) is 4.06. The molecule has 4 heteroatoms. The Balaban J connectivity index is 2.03. The first-order valence-electron chi connectivity index (χ1n) is 5.98. The molecule has 0 amide bonds. The van der Waals surface area contributed by atoms with Crippen molar-refractivity contribution in [3.8, 4) is 0 Å². The smallest absolute Gasteiger partial charge is 0.107 e. The predicted molar refractivity (Wildman–Crippen MR) is 68.8 cm³/mol. The molecule has 92 valence electrons. The molecule has 0 unspecified atom stereocenters. The highest BCUT2D eigenvalue weighted by molar-refractivity contribution is 7.11. The van der Waals surface area contributed by atoms with Crippen molar-refractivity contribution in [2.75, 3.05) is 13.2 Å². The number of nitrogens with zero attached hydrogens (tertiary/aromatic N) is 1. The molecule has 0 spiro atoms. The average molecular weight is 242 g/mol. The first kappa shape index (κ1) is 13.6. The molecule has 0 saturated heterocycles. The Bertz CT molecular complexity index is 280. The summed E-state index contributed by atoms with van der Waals surface area (Å²) in [6, 6.07) is 0. The van der Waals surface area contributed by atoms with Crippen LogP contribution in [0.3, 0.4) is 0 Å². The van der Waals surface area contributed by atoms with E-state index in [9.17, 15) is 0 Å². The van der Waals surface area contributed by atoms with E-state index in [1.165, 1.54) is 22.7 Å². The third-order valence-corrected chi connectivity index (χ3v) is 3.68. The van der Waals surface area contributed by atoms with Gasteiger partial charge in [-0.05, 0) is 33.2 Å². The van der Waals surface area contributed by atoms with Crippen LogP contribution in [0.1, 0.15) is 41.3 Å². The number of hydrogen-bond donors (Lipinski definition) is 2. The van der Waals surface area contributed by atoms with E-state index in [0.717, 1.165) is 31.6 Å². The van der Waals surface area contributed by atoms with Gasteiger partial charge in [-0.1, -0.05) is 12.8 Å². The third kappa shape index (κ3) is 5.05. The summed E-state index contributed by atoms with van der Waals surface area (Å²) in [4.78, 5) is 5.80. The zero-order chi connectivity index (χ0) is 11.8. The van der Waals surface area contributed by atoms with Gasteiger partial charge in [-0.3, -0.25) is 0 Å². The van der Waals surface area contributed by atoms with Crippen LogP contribution in [0.15, 0.2) is 0 Å². The normalized spacial score (nSPS) is 10.9. The van der Waals surface area contributed by atoms with Gasteiger partial charge in [-0.2, -0.15) is 0 Å². The second kappa shape index (κ2) is 7.76. The van der Waals surface area contributed by atoms with Crippen molar-refractivity contribution in [3.63, 3.8) is 0 Å². The van der Waals surface area contributed by atoms with Crippen LogP contribution in [0, 0.1) is 13.8 Å². The van der Waals surface area contributed by atoms with Crippen molar-refractivity contribution in [1.82, 2.24) is 10.3 Å². The van der Waals surface area contributed by atoms with E-state index in [1.54, 1.807) is 11.3 Å². The fourth-order valence-corrected chi connectivity index (χ4v) is 2.43. The monoisotopic (exact) mass is 242 g/mol. The largest absolute Gasteiger partial charge is 0.396 e. The predicted octanol–water partition coefficient (Wildman–Crippen LogP) is 2.40. The lowest BCUT2D eigenvalue weighted by Gasteiger charge is -2.01. The molecule has 0 atom stereocenters. The number of thiazole rings is 1. The van der Waals surface area contributed by atoms with E-state index in [2.05, 4.69) is 24.1 Å². The van der Waals surface area contributed by atoms with Gasteiger partial charge in [0.25, 0.3) is 0 Å². The van der Waals surface area contributed by atoms with Crippen LogP contribution in [-0.4, -0.2) is 23.2 Å². The molecule has 3 nitrogen and oxygen atoms in total. The maximum atomic E-state index is 8.62. The van der Waals surface area contributed by atoms with E-state index in [4.69, 9.17) is 5.11 Å². The van der Waals surface area contributed by atoms with Crippen molar-refractivity contribution in [2.24, 2.45) is 0 Å². The Morgan fingerprint density at radius 2 is 1.94 bits per heavy atom. The lowest BCUT2D eigenvalue weighted by Crippen LogP contribution is -2.14. The van der Waals surface area contributed by atoms with Crippen LogP contribution in [-0.2, 0) is 6.54 Å². The van der Waals surface area contributed by atoms with Crippen molar-refractivity contribution < 1.29 is 5.11 Å². The van der Waals surface area contributed by atoms with Gasteiger partial charge < -0.3 is 10.4 Å². The van der Waals surface area contributed by atoms with Crippen LogP contribution >= 0.6 is 11.3 Å². The molecule has 0 aliphatic carbocycles. The minimum Gasteiger partial charge on any atom is -0.396 e. The zero-order valence-electron chi connectivity index (χ0n) is 10.3. The summed E-state index contributed by atoms with van der Waals surface area (Å²) in [5.41, 5.74) is 1.16.